The molecule has 1 atom stereocenters. The molecule has 0 radical (unpaired) electrons. The third-order valence-electron chi connectivity index (χ3n) is 2.39. The molecule has 4 nitrogen and oxygen atoms in total. The maximum Gasteiger partial charge on any atom is 0.150 e. The third-order valence-corrected chi connectivity index (χ3v) is 6.27. The molecule has 0 saturated heterocycles. The standard InChI is InChI=1S/C11H7ClO4S2/c13-12(14,15)16-18-7-3-5-9-8-4-1-2-6-10(8)17-11(9)18/h1-7H. The Kier molecular flexibility index (Phi) is 3.03. The number of thiophene rings is 1. The molecule has 1 unspecified atom stereocenters. The molecule has 94 valence electrons. The van der Waals surface area contributed by atoms with Gasteiger partial charge >= 0.3 is 0 Å². The molecule has 0 fully saturated rings. The number of hydrogen-bond donors (Lipinski definition) is 0. The van der Waals surface area contributed by atoms with Crippen molar-refractivity contribution < 1.29 is 28.0 Å². The first-order valence-electron chi connectivity index (χ1n) is 4.91. The van der Waals surface area contributed by atoms with E-state index >= 15 is 0 Å². The first kappa shape index (κ1) is 12.3. The van der Waals surface area contributed by atoms with Crippen molar-refractivity contribution in [1.29, 1.82) is 0 Å². The van der Waals surface area contributed by atoms with Crippen LogP contribution in [0.1, 0.15) is 5.56 Å². The van der Waals surface area contributed by atoms with E-state index in [1.54, 1.807) is 11.4 Å². The van der Waals surface area contributed by atoms with Gasteiger partial charge in [0.05, 0.1) is 10.2 Å². The lowest BCUT2D eigenvalue weighted by Gasteiger charge is -2.14. The molecule has 0 bridgehead atoms. The number of rotatable bonds is 2. The van der Waals surface area contributed by atoms with Crippen LogP contribution in [0.5, 0.6) is 0 Å². The smallest absolute Gasteiger partial charge is 0.150 e. The zero-order chi connectivity index (χ0) is 12.8. The normalized spacial score (nSPS) is 18.7. The van der Waals surface area contributed by atoms with Gasteiger partial charge < -0.3 is 0 Å². The molecule has 3 rings (SSSR count). The molecule has 1 aromatic heterocycles. The molecule has 0 spiro atoms. The molecule has 1 aliphatic heterocycles. The van der Waals surface area contributed by atoms with E-state index in [9.17, 15) is 14.0 Å². The van der Waals surface area contributed by atoms with Crippen LogP contribution >= 0.6 is 22.1 Å². The van der Waals surface area contributed by atoms with Crippen LogP contribution in [0, 0.1) is 10.2 Å². The second-order valence-corrected chi connectivity index (χ2v) is 7.38. The van der Waals surface area contributed by atoms with Crippen LogP contribution in [0.3, 0.4) is 0 Å². The fourth-order valence-corrected chi connectivity index (χ4v) is 5.47. The molecule has 0 N–H and O–H groups in total. The molecular weight excluding hydrogens is 296 g/mol. The van der Waals surface area contributed by atoms with Crippen molar-refractivity contribution in [1.82, 2.24) is 0 Å². The van der Waals surface area contributed by atoms with Crippen LogP contribution in [0.2, 0.25) is 0 Å². The van der Waals surface area contributed by atoms with E-state index in [4.69, 9.17) is 0 Å². The van der Waals surface area contributed by atoms with Crippen molar-refractivity contribution in [2.45, 2.75) is 4.21 Å². The highest BCUT2D eigenvalue weighted by molar-refractivity contribution is 8.12. The summed E-state index contributed by atoms with van der Waals surface area (Å²) < 4.78 is 38.4. The van der Waals surface area contributed by atoms with Crippen molar-refractivity contribution in [2.75, 3.05) is 0 Å². The third kappa shape index (κ3) is 2.24. The van der Waals surface area contributed by atoms with Gasteiger partial charge in [-0.1, -0.05) is 30.4 Å². The zero-order valence-electron chi connectivity index (χ0n) is 8.87. The SMILES string of the molecule is [O-][Cl+3]([O-])([O-])OS1=CC=Cc2c1sc1ccccc21. The number of halogens is 1. The maximum atomic E-state index is 10.7. The topological polar surface area (TPSA) is 78.4 Å². The minimum atomic E-state index is -4.42. The van der Waals surface area contributed by atoms with Gasteiger partial charge in [-0.05, 0) is 6.07 Å². The Balaban J connectivity index is 2.14. The summed E-state index contributed by atoms with van der Waals surface area (Å²) in [4.78, 5) is 0. The van der Waals surface area contributed by atoms with Gasteiger partial charge in [0.1, 0.15) is 18.7 Å². The second-order valence-electron chi connectivity index (χ2n) is 3.53. The summed E-state index contributed by atoms with van der Waals surface area (Å²) in [6.45, 7) is 0. The summed E-state index contributed by atoms with van der Waals surface area (Å²) in [5, 5.41) is 2.63. The molecule has 1 aromatic carbocycles. The Morgan fingerprint density at radius 2 is 1.94 bits per heavy atom. The van der Waals surface area contributed by atoms with Gasteiger partial charge in [0, 0.05) is 21.0 Å². The zero-order valence-corrected chi connectivity index (χ0v) is 11.3. The van der Waals surface area contributed by atoms with E-state index in [0.29, 0.717) is 0 Å². The lowest BCUT2D eigenvalue weighted by atomic mass is 10.2. The van der Waals surface area contributed by atoms with Crippen molar-refractivity contribution in [3.63, 3.8) is 0 Å². The van der Waals surface area contributed by atoms with Crippen LogP contribution in [0.4, 0.5) is 0 Å². The number of benzene rings is 1. The van der Waals surface area contributed by atoms with Crippen LogP contribution in [-0.4, -0.2) is 5.37 Å². The van der Waals surface area contributed by atoms with Gasteiger partial charge in [0.25, 0.3) is 0 Å². The van der Waals surface area contributed by atoms with E-state index in [0.717, 1.165) is 19.9 Å². The maximum absolute atomic E-state index is 10.7. The molecule has 2 heterocycles. The highest BCUT2D eigenvalue weighted by Crippen LogP contribution is 2.45. The minimum absolute atomic E-state index is 0.769. The fraction of sp³-hybridized carbons (Fsp3) is 0. The van der Waals surface area contributed by atoms with Gasteiger partial charge in [0.2, 0.25) is 0 Å². The summed E-state index contributed by atoms with van der Waals surface area (Å²) >= 11 is 1.45. The predicted octanol–water partition coefficient (Wildman–Crippen LogP) is 0.187. The van der Waals surface area contributed by atoms with Crippen molar-refractivity contribution in [2.24, 2.45) is 0 Å². The molecule has 0 amide bonds. The van der Waals surface area contributed by atoms with Gasteiger partial charge in [0.15, 0.2) is 0 Å². The minimum Gasteiger partial charge on any atom is -0.182 e. The fourth-order valence-electron chi connectivity index (χ4n) is 1.75. The predicted molar refractivity (Wildman–Crippen MR) is 63.9 cm³/mol. The van der Waals surface area contributed by atoms with Gasteiger partial charge in [-0.2, -0.15) is 14.0 Å². The quantitative estimate of drug-likeness (QED) is 0.742. The van der Waals surface area contributed by atoms with Crippen molar-refractivity contribution in [3.05, 3.63) is 35.9 Å². The van der Waals surface area contributed by atoms with E-state index in [2.05, 4.69) is 3.74 Å². The van der Waals surface area contributed by atoms with Crippen LogP contribution < -0.4 is 14.0 Å². The van der Waals surface area contributed by atoms with Crippen molar-refractivity contribution in [3.8, 4) is 0 Å². The van der Waals surface area contributed by atoms with Crippen LogP contribution in [0.25, 0.3) is 16.2 Å². The van der Waals surface area contributed by atoms with Gasteiger partial charge in [-0.3, -0.25) is 0 Å². The Hall–Kier alpha value is -0.730. The summed E-state index contributed by atoms with van der Waals surface area (Å²) in [6, 6.07) is 7.75. The lowest BCUT2D eigenvalue weighted by Crippen LogP contribution is -2.60. The average Bonchev–Trinajstić information content (AvgIpc) is 2.67. The second kappa shape index (κ2) is 4.43. The summed E-state index contributed by atoms with van der Waals surface area (Å²) in [5.41, 5.74) is 0.931. The highest BCUT2D eigenvalue weighted by atomic mass is 35.7. The lowest BCUT2D eigenvalue weighted by molar-refractivity contribution is -1.91. The van der Waals surface area contributed by atoms with Crippen LogP contribution in [0.15, 0.2) is 34.6 Å². The number of allylic oxidation sites excluding steroid dienone is 1. The summed E-state index contributed by atoms with van der Waals surface area (Å²) in [7, 11) is -5.55. The highest BCUT2D eigenvalue weighted by Gasteiger charge is 2.27. The molecule has 0 aliphatic carbocycles. The van der Waals surface area contributed by atoms with Gasteiger partial charge in [-0.15, -0.1) is 11.3 Å². The first-order valence-corrected chi connectivity index (χ1v) is 8.18. The van der Waals surface area contributed by atoms with E-state index < -0.39 is 21.0 Å². The largest absolute Gasteiger partial charge is 0.182 e. The molecule has 0 saturated carbocycles. The number of fused-ring (bicyclic) bond motifs is 3. The first-order chi connectivity index (χ1) is 8.54. The monoisotopic (exact) mass is 302 g/mol. The Bertz CT molecular complexity index is 669. The summed E-state index contributed by atoms with van der Waals surface area (Å²) in [6.07, 6.45) is 3.61. The van der Waals surface area contributed by atoms with E-state index in [1.807, 2.05) is 30.3 Å². The Labute approximate surface area is 112 Å². The number of hydrogen-bond acceptors (Lipinski definition) is 5. The van der Waals surface area contributed by atoms with Crippen LogP contribution in [-0.2, 0) is 3.74 Å². The average molecular weight is 303 g/mol. The molecule has 2 aromatic rings. The van der Waals surface area contributed by atoms with Crippen molar-refractivity contribution >= 4 is 43.6 Å². The van der Waals surface area contributed by atoms with E-state index in [1.165, 1.54) is 11.3 Å². The Morgan fingerprint density at radius 1 is 1.17 bits per heavy atom. The van der Waals surface area contributed by atoms with E-state index in [-0.39, 0.29) is 0 Å². The summed E-state index contributed by atoms with van der Waals surface area (Å²) in [5.74, 6) is 0. The molecule has 7 heteroatoms. The molecule has 18 heavy (non-hydrogen) atoms. The Morgan fingerprint density at radius 3 is 2.72 bits per heavy atom. The molecular formula is C11H7ClO4S2. The van der Waals surface area contributed by atoms with Gasteiger partial charge in [-0.25, -0.2) is 0 Å². The molecule has 1 aliphatic rings.